The predicted molar refractivity (Wildman–Crippen MR) is 145 cm³/mol. The van der Waals surface area contributed by atoms with Crippen LogP contribution in [0, 0.1) is 0 Å². The average Bonchev–Trinajstić information content (AvgIpc) is 3.37. The van der Waals surface area contributed by atoms with Crippen LogP contribution in [0.3, 0.4) is 0 Å². The van der Waals surface area contributed by atoms with Gasteiger partial charge in [-0.05, 0) is 72.6 Å². The molecule has 0 saturated heterocycles. The van der Waals surface area contributed by atoms with Crippen LogP contribution in [0.15, 0.2) is 121 Å². The van der Waals surface area contributed by atoms with Crippen molar-refractivity contribution in [3.63, 3.8) is 0 Å². The summed E-state index contributed by atoms with van der Waals surface area (Å²) in [6, 6.07) is 42.2. The molecule has 0 N–H and O–H groups in total. The van der Waals surface area contributed by atoms with E-state index in [0.29, 0.717) is 0 Å². The molecule has 0 fully saturated rings. The highest BCUT2D eigenvalue weighted by Gasteiger charge is 2.18. The SMILES string of the molecule is c1ccc2cc(-c3c(-c4ccc5ccccc5c4)c4sccc4c4ccccc34)ccc2c1. The Hall–Kier alpha value is -3.94. The zero-order valence-corrected chi connectivity index (χ0v) is 18.8. The normalized spacial score (nSPS) is 11.6. The molecule has 1 heterocycles. The Labute approximate surface area is 196 Å². The van der Waals surface area contributed by atoms with Crippen LogP contribution >= 0.6 is 11.3 Å². The largest absolute Gasteiger partial charge is 0.143 e. The van der Waals surface area contributed by atoms with Gasteiger partial charge < -0.3 is 0 Å². The first-order chi connectivity index (χ1) is 16.4. The third-order valence-corrected chi connectivity index (χ3v) is 7.64. The minimum absolute atomic E-state index is 1.27. The molecule has 33 heavy (non-hydrogen) atoms. The van der Waals surface area contributed by atoms with E-state index in [2.05, 4.69) is 121 Å². The van der Waals surface area contributed by atoms with Gasteiger partial charge in [-0.3, -0.25) is 0 Å². The van der Waals surface area contributed by atoms with E-state index in [9.17, 15) is 0 Å². The van der Waals surface area contributed by atoms with Crippen molar-refractivity contribution in [1.82, 2.24) is 0 Å². The van der Waals surface area contributed by atoms with E-state index in [0.717, 1.165) is 0 Å². The average molecular weight is 437 g/mol. The highest BCUT2D eigenvalue weighted by Crippen LogP contribution is 2.47. The fourth-order valence-corrected chi connectivity index (χ4v) is 6.15. The summed E-state index contributed by atoms with van der Waals surface area (Å²) in [4.78, 5) is 0. The number of hydrogen-bond donors (Lipinski definition) is 0. The molecule has 1 aromatic heterocycles. The van der Waals surface area contributed by atoms with Crippen LogP contribution in [0.4, 0.5) is 0 Å². The molecule has 0 amide bonds. The number of benzene rings is 6. The maximum atomic E-state index is 2.35. The fourth-order valence-electron chi connectivity index (χ4n) is 5.16. The molecule has 0 spiro atoms. The number of thiophene rings is 1. The summed E-state index contributed by atoms with van der Waals surface area (Å²) in [5.74, 6) is 0. The van der Waals surface area contributed by atoms with E-state index in [1.807, 2.05) is 11.3 Å². The van der Waals surface area contributed by atoms with Crippen LogP contribution in [0.2, 0.25) is 0 Å². The van der Waals surface area contributed by atoms with Crippen LogP contribution < -0.4 is 0 Å². The quantitative estimate of drug-likeness (QED) is 0.253. The zero-order chi connectivity index (χ0) is 21.8. The van der Waals surface area contributed by atoms with Crippen LogP contribution in [-0.2, 0) is 0 Å². The molecular weight excluding hydrogens is 416 g/mol. The monoisotopic (exact) mass is 436 g/mol. The van der Waals surface area contributed by atoms with E-state index in [1.165, 1.54) is 64.7 Å². The molecule has 0 radical (unpaired) electrons. The molecule has 0 aliphatic rings. The summed E-state index contributed by atoms with van der Waals surface area (Å²) in [5, 5.41) is 11.3. The standard InChI is InChI=1S/C32H20S/c1-3-9-23-19-25(15-13-21(23)7-1)30-28-12-6-5-11-27(28)29-17-18-33-32(29)31(30)26-16-14-22-8-2-4-10-24(22)20-26/h1-20H. The molecule has 7 rings (SSSR count). The molecule has 0 unspecified atom stereocenters. The van der Waals surface area contributed by atoms with E-state index in [-0.39, 0.29) is 0 Å². The second-order valence-corrected chi connectivity index (χ2v) is 9.50. The van der Waals surface area contributed by atoms with Gasteiger partial charge in [0.1, 0.15) is 0 Å². The second kappa shape index (κ2) is 7.30. The lowest BCUT2D eigenvalue weighted by atomic mass is 9.87. The molecule has 0 aliphatic carbocycles. The first-order valence-electron chi connectivity index (χ1n) is 11.3. The molecule has 1 heteroatoms. The van der Waals surface area contributed by atoms with Gasteiger partial charge in [-0.1, -0.05) is 97.1 Å². The minimum atomic E-state index is 1.27. The lowest BCUT2D eigenvalue weighted by Crippen LogP contribution is -1.90. The number of hydrogen-bond acceptors (Lipinski definition) is 1. The summed E-state index contributed by atoms with van der Waals surface area (Å²) in [5.41, 5.74) is 5.19. The van der Waals surface area contributed by atoms with Crippen molar-refractivity contribution in [3.05, 3.63) is 121 Å². The topological polar surface area (TPSA) is 0 Å². The Morgan fingerprint density at radius 2 is 0.939 bits per heavy atom. The maximum Gasteiger partial charge on any atom is 0.0433 e. The summed E-state index contributed by atoms with van der Waals surface area (Å²) in [6.45, 7) is 0. The van der Waals surface area contributed by atoms with Gasteiger partial charge in [-0.25, -0.2) is 0 Å². The Kier molecular flexibility index (Phi) is 4.12. The van der Waals surface area contributed by atoms with Gasteiger partial charge in [0.15, 0.2) is 0 Å². The zero-order valence-electron chi connectivity index (χ0n) is 18.0. The number of rotatable bonds is 2. The molecule has 0 saturated carbocycles. The molecule has 7 aromatic rings. The van der Waals surface area contributed by atoms with Gasteiger partial charge in [0, 0.05) is 15.6 Å². The molecule has 0 atom stereocenters. The van der Waals surface area contributed by atoms with Crippen molar-refractivity contribution >= 4 is 53.7 Å². The van der Waals surface area contributed by atoms with Gasteiger partial charge in [0.25, 0.3) is 0 Å². The first-order valence-corrected chi connectivity index (χ1v) is 12.1. The molecule has 6 aromatic carbocycles. The lowest BCUT2D eigenvalue weighted by molar-refractivity contribution is 1.67. The summed E-state index contributed by atoms with van der Waals surface area (Å²) in [7, 11) is 0. The summed E-state index contributed by atoms with van der Waals surface area (Å²) in [6.07, 6.45) is 0. The summed E-state index contributed by atoms with van der Waals surface area (Å²) < 4.78 is 1.35. The van der Waals surface area contributed by atoms with Crippen molar-refractivity contribution in [2.24, 2.45) is 0 Å². The third kappa shape index (κ3) is 2.90. The highest BCUT2D eigenvalue weighted by molar-refractivity contribution is 7.18. The third-order valence-electron chi connectivity index (χ3n) is 6.71. The van der Waals surface area contributed by atoms with Gasteiger partial charge >= 0.3 is 0 Å². The molecule has 154 valence electrons. The Morgan fingerprint density at radius 3 is 1.61 bits per heavy atom. The fraction of sp³-hybridized carbons (Fsp3) is 0. The second-order valence-electron chi connectivity index (χ2n) is 8.58. The van der Waals surface area contributed by atoms with Crippen molar-refractivity contribution in [2.75, 3.05) is 0 Å². The van der Waals surface area contributed by atoms with Gasteiger partial charge in [-0.15, -0.1) is 11.3 Å². The van der Waals surface area contributed by atoms with Gasteiger partial charge in [-0.2, -0.15) is 0 Å². The predicted octanol–water partition coefficient (Wildman–Crippen LogP) is 9.69. The van der Waals surface area contributed by atoms with E-state index in [4.69, 9.17) is 0 Å². The first kappa shape index (κ1) is 18.6. The van der Waals surface area contributed by atoms with Crippen molar-refractivity contribution in [3.8, 4) is 22.3 Å². The van der Waals surface area contributed by atoms with E-state index < -0.39 is 0 Å². The molecule has 0 bridgehead atoms. The van der Waals surface area contributed by atoms with Crippen LogP contribution in [0.5, 0.6) is 0 Å². The minimum Gasteiger partial charge on any atom is -0.143 e. The van der Waals surface area contributed by atoms with Crippen LogP contribution in [0.25, 0.3) is 64.7 Å². The smallest absolute Gasteiger partial charge is 0.0433 e. The van der Waals surface area contributed by atoms with E-state index >= 15 is 0 Å². The van der Waals surface area contributed by atoms with Gasteiger partial charge in [0.05, 0.1) is 0 Å². The van der Waals surface area contributed by atoms with Crippen molar-refractivity contribution in [2.45, 2.75) is 0 Å². The van der Waals surface area contributed by atoms with Gasteiger partial charge in [0.2, 0.25) is 0 Å². The Morgan fingerprint density at radius 1 is 0.394 bits per heavy atom. The van der Waals surface area contributed by atoms with Crippen LogP contribution in [-0.4, -0.2) is 0 Å². The summed E-state index contributed by atoms with van der Waals surface area (Å²) >= 11 is 1.84. The van der Waals surface area contributed by atoms with E-state index in [1.54, 1.807) is 0 Å². The van der Waals surface area contributed by atoms with Crippen LogP contribution in [0.1, 0.15) is 0 Å². The molecule has 0 nitrogen and oxygen atoms in total. The number of fused-ring (bicyclic) bond motifs is 5. The molecule has 0 aliphatic heterocycles. The Balaban J connectivity index is 1.65. The maximum absolute atomic E-state index is 2.35. The Bertz CT molecular complexity index is 1820. The molecular formula is C32H20S. The highest BCUT2D eigenvalue weighted by atomic mass is 32.1. The van der Waals surface area contributed by atoms with Crippen molar-refractivity contribution < 1.29 is 0 Å². The van der Waals surface area contributed by atoms with Crippen molar-refractivity contribution in [1.29, 1.82) is 0 Å². The lowest BCUT2D eigenvalue weighted by Gasteiger charge is -2.17.